The Hall–Kier alpha value is -2.68. The topological polar surface area (TPSA) is 67.6 Å². The fraction of sp³-hybridized carbons (Fsp3) is 0.429. The van der Waals surface area contributed by atoms with Crippen LogP contribution in [0.4, 0.5) is 19.3 Å². The van der Waals surface area contributed by atoms with Crippen LogP contribution < -0.4 is 5.32 Å². The summed E-state index contributed by atoms with van der Waals surface area (Å²) in [5.41, 5.74) is 2.36. The maximum Gasteiger partial charge on any atom is 0.322 e. The van der Waals surface area contributed by atoms with E-state index < -0.39 is 11.6 Å². The standard InChI is InChI=1S/C28H27Cl2F2N3O3/c1-14-9-17-11-18(12-24(14)35(17)28(36)33-16-7-8-22(31)23(32)10-16)37-13-19-26(34-38-27(19)15-5-6-15)25-20(29)3-2-4-21(25)30/h2-4,7-8,10,14-15,17-18,24H,5-6,9,11-13H2,1H3,(H,33,36)/t14-,17?,18+,24?/m1/s1. The molecule has 6 rings (SSSR count). The first-order chi connectivity index (χ1) is 18.3. The number of aromatic nitrogens is 1. The summed E-state index contributed by atoms with van der Waals surface area (Å²) < 4.78 is 39.1. The molecule has 1 aromatic heterocycles. The van der Waals surface area contributed by atoms with Crippen LogP contribution in [0.3, 0.4) is 0 Å². The lowest BCUT2D eigenvalue weighted by molar-refractivity contribution is -0.0181. The molecule has 10 heteroatoms. The number of hydrogen-bond donors (Lipinski definition) is 1. The molecular formula is C28H27Cl2F2N3O3. The van der Waals surface area contributed by atoms with E-state index in [9.17, 15) is 13.6 Å². The normalized spacial score (nSPS) is 24.6. The van der Waals surface area contributed by atoms with E-state index in [1.54, 1.807) is 18.2 Å². The lowest BCUT2D eigenvalue weighted by Gasteiger charge is -2.39. The molecular weight excluding hydrogens is 535 g/mol. The summed E-state index contributed by atoms with van der Waals surface area (Å²) in [6, 6.07) is 8.36. The Morgan fingerprint density at radius 3 is 2.58 bits per heavy atom. The van der Waals surface area contributed by atoms with Gasteiger partial charge in [0.1, 0.15) is 11.5 Å². The van der Waals surface area contributed by atoms with Gasteiger partial charge in [-0.25, -0.2) is 13.6 Å². The summed E-state index contributed by atoms with van der Waals surface area (Å²) in [6.45, 7) is 2.44. The zero-order valence-electron chi connectivity index (χ0n) is 20.7. The fourth-order valence-electron chi connectivity index (χ4n) is 5.93. The Kier molecular flexibility index (Phi) is 6.82. The number of nitrogens with zero attached hydrogens (tertiary/aromatic N) is 2. The SMILES string of the molecule is C[C@@H]1CC2C[C@H](OCc3c(-c4c(Cl)cccc4Cl)noc3C3CC3)CC1N2C(=O)Nc1ccc(F)c(F)c1. The van der Waals surface area contributed by atoms with Crippen LogP contribution in [0.2, 0.25) is 10.0 Å². The third kappa shape index (κ3) is 4.78. The van der Waals surface area contributed by atoms with Crippen LogP contribution in [0.15, 0.2) is 40.9 Å². The summed E-state index contributed by atoms with van der Waals surface area (Å²) in [6.07, 6.45) is 4.25. The van der Waals surface area contributed by atoms with Gasteiger partial charge in [-0.3, -0.25) is 0 Å². The average molecular weight is 562 g/mol. The third-order valence-electron chi connectivity index (χ3n) is 7.93. The predicted molar refractivity (Wildman–Crippen MR) is 140 cm³/mol. The molecule has 2 aliphatic heterocycles. The molecule has 3 fully saturated rings. The number of fused-ring (bicyclic) bond motifs is 2. The van der Waals surface area contributed by atoms with Gasteiger partial charge in [0.15, 0.2) is 11.6 Å². The predicted octanol–water partition coefficient (Wildman–Crippen LogP) is 7.79. The van der Waals surface area contributed by atoms with Crippen LogP contribution in [0.25, 0.3) is 11.3 Å². The van der Waals surface area contributed by atoms with E-state index in [-0.39, 0.29) is 29.9 Å². The van der Waals surface area contributed by atoms with Crippen molar-refractivity contribution in [1.29, 1.82) is 0 Å². The van der Waals surface area contributed by atoms with Crippen LogP contribution in [0.5, 0.6) is 0 Å². The van der Waals surface area contributed by atoms with Gasteiger partial charge in [-0.05, 0) is 62.3 Å². The van der Waals surface area contributed by atoms with Gasteiger partial charge >= 0.3 is 6.03 Å². The summed E-state index contributed by atoms with van der Waals surface area (Å²) in [5, 5.41) is 8.07. The molecule has 0 spiro atoms. The molecule has 6 nitrogen and oxygen atoms in total. The quantitative estimate of drug-likeness (QED) is 0.333. The van der Waals surface area contributed by atoms with Crippen molar-refractivity contribution in [3.05, 3.63) is 69.4 Å². The Labute approximate surface area is 229 Å². The number of benzene rings is 2. The molecule has 3 aromatic rings. The highest BCUT2D eigenvalue weighted by atomic mass is 35.5. The maximum absolute atomic E-state index is 13.6. The molecule has 2 amide bonds. The fourth-order valence-corrected chi connectivity index (χ4v) is 6.51. The van der Waals surface area contributed by atoms with Crippen molar-refractivity contribution in [3.8, 4) is 11.3 Å². The lowest BCUT2D eigenvalue weighted by atomic mass is 9.97. The lowest BCUT2D eigenvalue weighted by Crippen LogP contribution is -2.51. The van der Waals surface area contributed by atoms with Gasteiger partial charge in [-0.1, -0.05) is 41.3 Å². The second kappa shape index (κ2) is 10.1. The molecule has 1 aliphatic carbocycles. The van der Waals surface area contributed by atoms with Crippen LogP contribution >= 0.6 is 23.2 Å². The van der Waals surface area contributed by atoms with Crippen molar-refractivity contribution in [3.63, 3.8) is 0 Å². The number of urea groups is 1. The van der Waals surface area contributed by atoms with E-state index in [0.29, 0.717) is 52.6 Å². The number of hydrogen-bond acceptors (Lipinski definition) is 4. The number of nitrogens with one attached hydrogen (secondary N) is 1. The number of ether oxygens (including phenoxy) is 1. The van der Waals surface area contributed by atoms with E-state index in [0.717, 1.165) is 42.7 Å². The van der Waals surface area contributed by atoms with E-state index in [2.05, 4.69) is 17.4 Å². The zero-order chi connectivity index (χ0) is 26.6. The smallest absolute Gasteiger partial charge is 0.322 e. The highest BCUT2D eigenvalue weighted by Crippen LogP contribution is 2.47. The van der Waals surface area contributed by atoms with Crippen LogP contribution in [0.1, 0.15) is 56.3 Å². The number of rotatable bonds is 6. The first kappa shape index (κ1) is 25.6. The Bertz CT molecular complexity index is 1360. The molecule has 4 atom stereocenters. The van der Waals surface area contributed by atoms with Crippen molar-refractivity contribution >= 4 is 34.9 Å². The molecule has 2 unspecified atom stereocenters. The summed E-state index contributed by atoms with van der Waals surface area (Å²) in [7, 11) is 0. The van der Waals surface area contributed by atoms with E-state index in [1.165, 1.54) is 6.07 Å². The largest absolute Gasteiger partial charge is 0.373 e. The zero-order valence-corrected chi connectivity index (χ0v) is 22.2. The summed E-state index contributed by atoms with van der Waals surface area (Å²) in [4.78, 5) is 15.0. The maximum atomic E-state index is 13.6. The second-order valence-corrected chi connectivity index (χ2v) is 11.4. The van der Waals surface area contributed by atoms with Crippen LogP contribution in [-0.4, -0.2) is 34.3 Å². The van der Waals surface area contributed by atoms with Gasteiger partial charge in [-0.15, -0.1) is 0 Å². The van der Waals surface area contributed by atoms with E-state index in [4.69, 9.17) is 32.5 Å². The highest BCUT2D eigenvalue weighted by Gasteiger charge is 2.47. The van der Waals surface area contributed by atoms with Gasteiger partial charge in [-0.2, -0.15) is 0 Å². The minimum atomic E-state index is -0.997. The van der Waals surface area contributed by atoms with Gasteiger partial charge in [0.05, 0.1) is 22.8 Å². The van der Waals surface area contributed by atoms with Gasteiger partial charge in [0, 0.05) is 40.9 Å². The van der Waals surface area contributed by atoms with Crippen molar-refractivity contribution in [2.75, 3.05) is 5.32 Å². The third-order valence-corrected chi connectivity index (χ3v) is 8.56. The van der Waals surface area contributed by atoms with Gasteiger partial charge < -0.3 is 19.5 Å². The molecule has 1 N–H and O–H groups in total. The molecule has 2 saturated heterocycles. The first-order valence-corrected chi connectivity index (χ1v) is 13.6. The second-order valence-electron chi connectivity index (χ2n) is 10.5. The Morgan fingerprint density at radius 2 is 1.89 bits per heavy atom. The molecule has 0 radical (unpaired) electrons. The van der Waals surface area contributed by atoms with Crippen molar-refractivity contribution < 1.29 is 22.8 Å². The van der Waals surface area contributed by atoms with E-state index >= 15 is 0 Å². The van der Waals surface area contributed by atoms with Crippen molar-refractivity contribution in [1.82, 2.24) is 10.1 Å². The minimum Gasteiger partial charge on any atom is -0.373 e. The number of carbonyl (C=O) groups excluding carboxylic acids is 1. The number of piperidine rings is 1. The van der Waals surface area contributed by atoms with Crippen LogP contribution in [0, 0.1) is 17.6 Å². The average Bonchev–Trinajstić information content (AvgIpc) is 3.60. The number of amides is 2. The minimum absolute atomic E-state index is 0.0121. The summed E-state index contributed by atoms with van der Waals surface area (Å²) in [5.74, 6) is -0.500. The molecule has 2 bridgehead atoms. The summed E-state index contributed by atoms with van der Waals surface area (Å²) >= 11 is 13.0. The number of halogens is 4. The van der Waals surface area contributed by atoms with Gasteiger partial charge in [0.2, 0.25) is 0 Å². The first-order valence-electron chi connectivity index (χ1n) is 12.9. The number of carbonyl (C=O) groups is 1. The Balaban J connectivity index is 1.17. The highest BCUT2D eigenvalue weighted by molar-refractivity contribution is 6.39. The molecule has 2 aromatic carbocycles. The van der Waals surface area contributed by atoms with Crippen LogP contribution in [-0.2, 0) is 11.3 Å². The number of anilines is 1. The monoisotopic (exact) mass is 561 g/mol. The molecule has 3 heterocycles. The molecule has 1 saturated carbocycles. The molecule has 38 heavy (non-hydrogen) atoms. The van der Waals surface area contributed by atoms with Crippen molar-refractivity contribution in [2.24, 2.45) is 5.92 Å². The van der Waals surface area contributed by atoms with Crippen molar-refractivity contribution in [2.45, 2.75) is 69.7 Å². The molecule has 3 aliphatic rings. The van der Waals surface area contributed by atoms with Gasteiger partial charge in [0.25, 0.3) is 0 Å². The Morgan fingerprint density at radius 1 is 1.13 bits per heavy atom. The molecule has 200 valence electrons. The van der Waals surface area contributed by atoms with E-state index in [1.807, 2.05) is 4.90 Å².